The number of nitrogens with one attached hydrogen (secondary N) is 1. The minimum atomic E-state index is 0.823. The van der Waals surface area contributed by atoms with Gasteiger partial charge in [0, 0.05) is 18.7 Å². The van der Waals surface area contributed by atoms with E-state index in [1.165, 1.54) is 27.9 Å². The minimum Gasteiger partial charge on any atom is -0.493 e. The van der Waals surface area contributed by atoms with Gasteiger partial charge in [0.05, 0.1) is 6.61 Å². The SMILES string of the molecule is Cc1cc(C)cc(NCc2ccc3c(c2)CCO3)c1. The fourth-order valence-electron chi connectivity index (χ4n) is 2.63. The summed E-state index contributed by atoms with van der Waals surface area (Å²) >= 11 is 0. The van der Waals surface area contributed by atoms with Crippen molar-refractivity contribution in [2.24, 2.45) is 0 Å². The van der Waals surface area contributed by atoms with Crippen LogP contribution in [0.2, 0.25) is 0 Å². The number of ether oxygens (including phenoxy) is 1. The van der Waals surface area contributed by atoms with Gasteiger partial charge in [-0.15, -0.1) is 0 Å². The Bertz CT molecular complexity index is 584. The highest BCUT2D eigenvalue weighted by molar-refractivity contribution is 5.49. The van der Waals surface area contributed by atoms with Crippen molar-refractivity contribution in [2.45, 2.75) is 26.8 Å². The summed E-state index contributed by atoms with van der Waals surface area (Å²) in [6, 6.07) is 13.0. The zero-order chi connectivity index (χ0) is 13.2. The van der Waals surface area contributed by atoms with Crippen molar-refractivity contribution < 1.29 is 4.74 Å². The van der Waals surface area contributed by atoms with E-state index in [0.29, 0.717) is 0 Å². The van der Waals surface area contributed by atoms with Crippen LogP contribution in [0.15, 0.2) is 36.4 Å². The molecular weight excluding hydrogens is 234 g/mol. The van der Waals surface area contributed by atoms with Gasteiger partial charge in [-0.25, -0.2) is 0 Å². The average Bonchev–Trinajstić information content (AvgIpc) is 2.82. The van der Waals surface area contributed by atoms with Crippen LogP contribution >= 0.6 is 0 Å². The molecule has 0 amide bonds. The fraction of sp³-hybridized carbons (Fsp3) is 0.294. The predicted octanol–water partition coefficient (Wildman–Crippen LogP) is 3.85. The van der Waals surface area contributed by atoms with E-state index in [4.69, 9.17) is 4.74 Å². The lowest BCUT2D eigenvalue weighted by Crippen LogP contribution is -2.00. The van der Waals surface area contributed by atoms with Crippen molar-refractivity contribution >= 4 is 5.69 Å². The third-order valence-electron chi connectivity index (χ3n) is 3.47. The Morgan fingerprint density at radius 2 is 1.84 bits per heavy atom. The summed E-state index contributed by atoms with van der Waals surface area (Å²) in [7, 11) is 0. The highest BCUT2D eigenvalue weighted by atomic mass is 16.5. The number of anilines is 1. The molecule has 2 aromatic carbocycles. The molecule has 0 aliphatic carbocycles. The van der Waals surface area contributed by atoms with E-state index in [1.807, 2.05) is 0 Å². The van der Waals surface area contributed by atoms with E-state index in [1.54, 1.807) is 0 Å². The lowest BCUT2D eigenvalue weighted by Gasteiger charge is -2.09. The van der Waals surface area contributed by atoms with E-state index in [-0.39, 0.29) is 0 Å². The maximum Gasteiger partial charge on any atom is 0.122 e. The average molecular weight is 253 g/mol. The molecule has 0 unspecified atom stereocenters. The van der Waals surface area contributed by atoms with Crippen molar-refractivity contribution in [1.82, 2.24) is 0 Å². The third kappa shape index (κ3) is 2.73. The standard InChI is InChI=1S/C17H19NO/c1-12-7-13(2)9-16(8-12)18-11-14-3-4-17-15(10-14)5-6-19-17/h3-4,7-10,18H,5-6,11H2,1-2H3. The second-order valence-electron chi connectivity index (χ2n) is 5.27. The van der Waals surface area contributed by atoms with Gasteiger partial charge in [-0.05, 0) is 54.3 Å². The second kappa shape index (κ2) is 4.96. The van der Waals surface area contributed by atoms with Gasteiger partial charge < -0.3 is 10.1 Å². The predicted molar refractivity (Wildman–Crippen MR) is 78.9 cm³/mol. The Kier molecular flexibility index (Phi) is 3.16. The summed E-state index contributed by atoms with van der Waals surface area (Å²) in [6.07, 6.45) is 1.03. The lowest BCUT2D eigenvalue weighted by molar-refractivity contribution is 0.357. The molecule has 0 fully saturated rings. The van der Waals surface area contributed by atoms with Gasteiger partial charge in [-0.3, -0.25) is 0 Å². The number of aryl methyl sites for hydroxylation is 2. The zero-order valence-corrected chi connectivity index (χ0v) is 11.5. The Morgan fingerprint density at radius 1 is 1.05 bits per heavy atom. The molecule has 98 valence electrons. The molecule has 0 radical (unpaired) electrons. The van der Waals surface area contributed by atoms with Crippen LogP contribution in [0.4, 0.5) is 5.69 Å². The molecule has 0 saturated heterocycles. The Labute approximate surface area is 114 Å². The molecule has 0 atom stereocenters. The maximum absolute atomic E-state index is 5.53. The van der Waals surface area contributed by atoms with Crippen molar-refractivity contribution in [3.63, 3.8) is 0 Å². The van der Waals surface area contributed by atoms with Gasteiger partial charge in [0.1, 0.15) is 5.75 Å². The highest BCUT2D eigenvalue weighted by Crippen LogP contribution is 2.26. The second-order valence-corrected chi connectivity index (χ2v) is 5.27. The number of hydrogen-bond acceptors (Lipinski definition) is 2. The van der Waals surface area contributed by atoms with E-state index in [2.05, 4.69) is 55.6 Å². The molecule has 2 heteroatoms. The fourth-order valence-corrected chi connectivity index (χ4v) is 2.63. The zero-order valence-electron chi connectivity index (χ0n) is 11.5. The van der Waals surface area contributed by atoms with Crippen LogP contribution in [-0.2, 0) is 13.0 Å². The summed E-state index contributed by atoms with van der Waals surface area (Å²) in [4.78, 5) is 0. The van der Waals surface area contributed by atoms with Crippen LogP contribution < -0.4 is 10.1 Å². The molecule has 1 aliphatic heterocycles. The van der Waals surface area contributed by atoms with Crippen LogP contribution in [0.25, 0.3) is 0 Å². The van der Waals surface area contributed by atoms with Gasteiger partial charge in [0.15, 0.2) is 0 Å². The number of rotatable bonds is 3. The molecule has 1 aliphatic rings. The number of benzene rings is 2. The Balaban J connectivity index is 1.72. The van der Waals surface area contributed by atoms with E-state index >= 15 is 0 Å². The largest absolute Gasteiger partial charge is 0.493 e. The molecule has 2 nitrogen and oxygen atoms in total. The molecule has 0 bridgehead atoms. The molecule has 0 saturated carbocycles. The molecule has 1 N–H and O–H groups in total. The van der Waals surface area contributed by atoms with Gasteiger partial charge in [0.2, 0.25) is 0 Å². The van der Waals surface area contributed by atoms with Crippen molar-refractivity contribution in [1.29, 1.82) is 0 Å². The van der Waals surface area contributed by atoms with Crippen LogP contribution in [0.3, 0.4) is 0 Å². The Hall–Kier alpha value is -1.96. The molecule has 19 heavy (non-hydrogen) atoms. The number of hydrogen-bond donors (Lipinski definition) is 1. The lowest BCUT2D eigenvalue weighted by atomic mass is 10.1. The Morgan fingerprint density at radius 3 is 2.63 bits per heavy atom. The van der Waals surface area contributed by atoms with E-state index in [0.717, 1.165) is 25.3 Å². The van der Waals surface area contributed by atoms with E-state index < -0.39 is 0 Å². The summed E-state index contributed by atoms with van der Waals surface area (Å²) in [6.45, 7) is 5.94. The monoisotopic (exact) mass is 253 g/mol. The van der Waals surface area contributed by atoms with Crippen LogP contribution in [0.5, 0.6) is 5.75 Å². The summed E-state index contributed by atoms with van der Waals surface area (Å²) in [5, 5.41) is 3.49. The van der Waals surface area contributed by atoms with Crippen LogP contribution in [0.1, 0.15) is 22.3 Å². The van der Waals surface area contributed by atoms with Crippen molar-refractivity contribution in [2.75, 3.05) is 11.9 Å². The van der Waals surface area contributed by atoms with Gasteiger partial charge in [-0.2, -0.15) is 0 Å². The minimum absolute atomic E-state index is 0.823. The topological polar surface area (TPSA) is 21.3 Å². The van der Waals surface area contributed by atoms with Crippen molar-refractivity contribution in [3.05, 3.63) is 58.7 Å². The first-order valence-corrected chi connectivity index (χ1v) is 6.77. The maximum atomic E-state index is 5.53. The molecule has 1 heterocycles. The van der Waals surface area contributed by atoms with Gasteiger partial charge in [-0.1, -0.05) is 18.2 Å². The van der Waals surface area contributed by atoms with Gasteiger partial charge in [0.25, 0.3) is 0 Å². The summed E-state index contributed by atoms with van der Waals surface area (Å²) in [5.74, 6) is 1.05. The first kappa shape index (κ1) is 12.1. The smallest absolute Gasteiger partial charge is 0.122 e. The normalized spacial score (nSPS) is 12.9. The quantitative estimate of drug-likeness (QED) is 0.897. The first-order valence-electron chi connectivity index (χ1n) is 6.77. The molecule has 2 aromatic rings. The molecule has 0 aromatic heterocycles. The van der Waals surface area contributed by atoms with Crippen LogP contribution in [-0.4, -0.2) is 6.61 Å². The van der Waals surface area contributed by atoms with Crippen LogP contribution in [0, 0.1) is 13.8 Å². The molecule has 0 spiro atoms. The van der Waals surface area contributed by atoms with E-state index in [9.17, 15) is 0 Å². The molecular formula is C17H19NO. The number of fused-ring (bicyclic) bond motifs is 1. The highest BCUT2D eigenvalue weighted by Gasteiger charge is 2.11. The molecule has 3 rings (SSSR count). The summed E-state index contributed by atoms with van der Waals surface area (Å²) in [5.41, 5.74) is 6.42. The summed E-state index contributed by atoms with van der Waals surface area (Å²) < 4.78 is 5.53. The van der Waals surface area contributed by atoms with Crippen molar-refractivity contribution in [3.8, 4) is 5.75 Å². The third-order valence-corrected chi connectivity index (χ3v) is 3.47. The first-order chi connectivity index (χ1) is 9.20. The van der Waals surface area contributed by atoms with Gasteiger partial charge >= 0.3 is 0 Å².